The highest BCUT2D eigenvalue weighted by atomic mass is 16.5. The van der Waals surface area contributed by atoms with E-state index in [4.69, 9.17) is 6.42 Å². The standard InChI is InChI=1S/C7H8O2/c1-3-5-6-7(8)9-4-2/h1,4H,2,5-6H2. The summed E-state index contributed by atoms with van der Waals surface area (Å²) in [6.45, 7) is 3.21. The van der Waals surface area contributed by atoms with Gasteiger partial charge in [0, 0.05) is 6.42 Å². The van der Waals surface area contributed by atoms with Gasteiger partial charge in [-0.3, -0.25) is 4.79 Å². The first-order valence-electron chi connectivity index (χ1n) is 2.55. The summed E-state index contributed by atoms with van der Waals surface area (Å²) in [5.41, 5.74) is 0. The van der Waals surface area contributed by atoms with Gasteiger partial charge in [0.1, 0.15) is 0 Å². The summed E-state index contributed by atoms with van der Waals surface area (Å²) in [7, 11) is 0. The van der Waals surface area contributed by atoms with Crippen molar-refractivity contribution in [3.63, 3.8) is 0 Å². The van der Waals surface area contributed by atoms with Crippen LogP contribution < -0.4 is 0 Å². The lowest BCUT2D eigenvalue weighted by molar-refractivity contribution is -0.137. The van der Waals surface area contributed by atoms with Gasteiger partial charge in [0.25, 0.3) is 0 Å². The minimum Gasteiger partial charge on any atom is -0.435 e. The van der Waals surface area contributed by atoms with Crippen LogP contribution in [0.15, 0.2) is 12.8 Å². The Bertz CT molecular complexity index is 141. The normalized spacial score (nSPS) is 7.44. The molecule has 2 nitrogen and oxygen atoms in total. The van der Waals surface area contributed by atoms with E-state index in [1.807, 2.05) is 0 Å². The summed E-state index contributed by atoms with van der Waals surface area (Å²) in [5.74, 6) is 1.99. The zero-order chi connectivity index (χ0) is 7.11. The third-order valence-electron chi connectivity index (χ3n) is 0.688. The lowest BCUT2D eigenvalue weighted by Crippen LogP contribution is -1.97. The Kier molecular flexibility index (Phi) is 4.25. The predicted molar refractivity (Wildman–Crippen MR) is 34.4 cm³/mol. The molecule has 0 aliphatic heterocycles. The van der Waals surface area contributed by atoms with Crippen LogP contribution in [0, 0.1) is 12.3 Å². The average molecular weight is 124 g/mol. The fraction of sp³-hybridized carbons (Fsp3) is 0.286. The molecule has 0 unspecified atom stereocenters. The number of esters is 1. The molecule has 0 saturated heterocycles. The molecule has 0 saturated carbocycles. The van der Waals surface area contributed by atoms with Gasteiger partial charge in [-0.05, 0) is 0 Å². The fourth-order valence-electron chi connectivity index (χ4n) is 0.326. The minimum absolute atomic E-state index is 0.266. The molecular formula is C7H8O2. The van der Waals surface area contributed by atoms with E-state index in [-0.39, 0.29) is 12.4 Å². The van der Waals surface area contributed by atoms with Crippen LogP contribution in [0.4, 0.5) is 0 Å². The fourth-order valence-corrected chi connectivity index (χ4v) is 0.326. The monoisotopic (exact) mass is 124 g/mol. The molecule has 0 aromatic rings. The zero-order valence-corrected chi connectivity index (χ0v) is 5.09. The van der Waals surface area contributed by atoms with Gasteiger partial charge in [-0.1, -0.05) is 6.58 Å². The van der Waals surface area contributed by atoms with Crippen LogP contribution >= 0.6 is 0 Å². The quantitative estimate of drug-likeness (QED) is 0.320. The van der Waals surface area contributed by atoms with Gasteiger partial charge < -0.3 is 4.74 Å². The SMILES string of the molecule is C#CCCC(=O)OC=C. The molecule has 0 atom stereocenters. The van der Waals surface area contributed by atoms with Crippen molar-refractivity contribution in [2.45, 2.75) is 12.8 Å². The van der Waals surface area contributed by atoms with E-state index in [1.165, 1.54) is 0 Å². The number of hydrogen-bond donors (Lipinski definition) is 0. The topological polar surface area (TPSA) is 26.3 Å². The van der Waals surface area contributed by atoms with Crippen molar-refractivity contribution in [3.05, 3.63) is 12.8 Å². The lowest BCUT2D eigenvalue weighted by Gasteiger charge is -1.92. The van der Waals surface area contributed by atoms with E-state index >= 15 is 0 Å². The van der Waals surface area contributed by atoms with Crippen molar-refractivity contribution in [1.29, 1.82) is 0 Å². The summed E-state index contributed by atoms with van der Waals surface area (Å²) < 4.78 is 4.37. The Balaban J connectivity index is 3.29. The van der Waals surface area contributed by atoms with Crippen LogP contribution in [0.3, 0.4) is 0 Å². The second-order valence-electron chi connectivity index (χ2n) is 1.36. The first kappa shape index (κ1) is 7.77. The smallest absolute Gasteiger partial charge is 0.311 e. The second-order valence-corrected chi connectivity index (χ2v) is 1.36. The highest BCUT2D eigenvalue weighted by Gasteiger charge is 1.95. The first-order valence-corrected chi connectivity index (χ1v) is 2.55. The summed E-state index contributed by atoms with van der Waals surface area (Å²) in [4.78, 5) is 10.4. The number of terminal acetylenes is 1. The van der Waals surface area contributed by atoms with Crippen LogP contribution in [0.2, 0.25) is 0 Å². The Morgan fingerprint density at radius 2 is 2.56 bits per heavy atom. The maximum atomic E-state index is 10.4. The molecule has 0 heterocycles. The van der Waals surface area contributed by atoms with Gasteiger partial charge in [-0.15, -0.1) is 12.3 Å². The number of rotatable bonds is 3. The van der Waals surface area contributed by atoms with Crippen LogP contribution in [0.25, 0.3) is 0 Å². The summed E-state index contributed by atoms with van der Waals surface area (Å²) in [5, 5.41) is 0. The minimum atomic E-state index is -0.331. The molecule has 0 fully saturated rings. The van der Waals surface area contributed by atoms with E-state index in [0.29, 0.717) is 6.42 Å². The molecular weight excluding hydrogens is 116 g/mol. The Labute approximate surface area is 54.5 Å². The molecule has 0 aliphatic rings. The molecule has 48 valence electrons. The van der Waals surface area contributed by atoms with E-state index in [9.17, 15) is 4.79 Å². The van der Waals surface area contributed by atoms with E-state index < -0.39 is 0 Å². The van der Waals surface area contributed by atoms with Crippen molar-refractivity contribution in [1.82, 2.24) is 0 Å². The van der Waals surface area contributed by atoms with Crippen LogP contribution in [0.1, 0.15) is 12.8 Å². The maximum Gasteiger partial charge on any atom is 0.311 e. The molecule has 2 heteroatoms. The molecule has 0 bridgehead atoms. The predicted octanol–water partition coefficient (Wildman–Crippen LogP) is 1.09. The van der Waals surface area contributed by atoms with Crippen molar-refractivity contribution in [2.75, 3.05) is 0 Å². The van der Waals surface area contributed by atoms with Gasteiger partial charge in [-0.25, -0.2) is 0 Å². The molecule has 0 amide bonds. The Hall–Kier alpha value is -1.23. The third-order valence-corrected chi connectivity index (χ3v) is 0.688. The molecule has 0 radical (unpaired) electrons. The number of hydrogen-bond acceptors (Lipinski definition) is 2. The second kappa shape index (κ2) is 4.92. The van der Waals surface area contributed by atoms with Gasteiger partial charge in [0.2, 0.25) is 0 Å². The molecule has 0 rings (SSSR count). The van der Waals surface area contributed by atoms with Crippen LogP contribution in [-0.4, -0.2) is 5.97 Å². The average Bonchev–Trinajstić information content (AvgIpc) is 1.85. The van der Waals surface area contributed by atoms with E-state index in [1.54, 1.807) is 0 Å². The molecule has 0 aliphatic carbocycles. The van der Waals surface area contributed by atoms with Gasteiger partial charge in [0.15, 0.2) is 0 Å². The molecule has 0 spiro atoms. The van der Waals surface area contributed by atoms with Crippen LogP contribution in [0.5, 0.6) is 0 Å². The van der Waals surface area contributed by atoms with Gasteiger partial charge >= 0.3 is 5.97 Å². The highest BCUT2D eigenvalue weighted by molar-refractivity contribution is 5.70. The number of carbonyl (C=O) groups excluding carboxylic acids is 1. The highest BCUT2D eigenvalue weighted by Crippen LogP contribution is 1.89. The lowest BCUT2D eigenvalue weighted by atomic mass is 10.3. The van der Waals surface area contributed by atoms with Crippen molar-refractivity contribution >= 4 is 5.97 Å². The molecule has 9 heavy (non-hydrogen) atoms. The Morgan fingerprint density at radius 3 is 3.00 bits per heavy atom. The third kappa shape index (κ3) is 4.63. The number of carbonyl (C=O) groups is 1. The zero-order valence-electron chi connectivity index (χ0n) is 5.09. The molecule has 0 aromatic heterocycles. The van der Waals surface area contributed by atoms with Crippen molar-refractivity contribution < 1.29 is 9.53 Å². The van der Waals surface area contributed by atoms with Gasteiger partial charge in [-0.2, -0.15) is 0 Å². The largest absolute Gasteiger partial charge is 0.435 e. The number of ether oxygens (including phenoxy) is 1. The summed E-state index contributed by atoms with van der Waals surface area (Å²) in [6.07, 6.45) is 6.68. The van der Waals surface area contributed by atoms with E-state index in [2.05, 4.69) is 17.2 Å². The van der Waals surface area contributed by atoms with Crippen molar-refractivity contribution in [2.24, 2.45) is 0 Å². The first-order chi connectivity index (χ1) is 4.31. The van der Waals surface area contributed by atoms with Gasteiger partial charge in [0.05, 0.1) is 12.7 Å². The Morgan fingerprint density at radius 1 is 1.89 bits per heavy atom. The summed E-state index contributed by atoms with van der Waals surface area (Å²) >= 11 is 0. The van der Waals surface area contributed by atoms with E-state index in [0.717, 1.165) is 6.26 Å². The molecule has 0 N–H and O–H groups in total. The van der Waals surface area contributed by atoms with Crippen LogP contribution in [-0.2, 0) is 9.53 Å². The molecule has 0 aromatic carbocycles. The maximum absolute atomic E-state index is 10.4. The van der Waals surface area contributed by atoms with Crippen molar-refractivity contribution in [3.8, 4) is 12.3 Å². The summed E-state index contributed by atoms with van der Waals surface area (Å²) in [6, 6.07) is 0.